The zero-order chi connectivity index (χ0) is 15.2. The Hall–Kier alpha value is -1.88. The molecule has 0 spiro atoms. The average molecular weight is 302 g/mol. The maximum atomic E-state index is 5.19. The molecule has 0 aliphatic heterocycles. The molecule has 1 N–H and O–H groups in total. The monoisotopic (exact) mass is 302 g/mol. The molecule has 5 heteroatoms. The topological polar surface area (TPSA) is 33.1 Å². The molecule has 0 fully saturated rings. The number of rotatable bonds is 5. The Morgan fingerprint density at radius 2 is 2.05 bits per heavy atom. The van der Waals surface area contributed by atoms with Gasteiger partial charge in [-0.15, -0.1) is 0 Å². The SMILES string of the molecule is CNC(=S)N(C)CCCc1cc(-c2ccccc2)n(C)n1. The highest BCUT2D eigenvalue weighted by atomic mass is 32.1. The van der Waals surface area contributed by atoms with Gasteiger partial charge in [0.25, 0.3) is 0 Å². The van der Waals surface area contributed by atoms with Gasteiger partial charge >= 0.3 is 0 Å². The second-order valence-corrected chi connectivity index (χ2v) is 5.48. The molecule has 112 valence electrons. The molecule has 0 radical (unpaired) electrons. The number of hydrogen-bond donors (Lipinski definition) is 1. The summed E-state index contributed by atoms with van der Waals surface area (Å²) in [5.74, 6) is 0. The quantitative estimate of drug-likeness (QED) is 0.860. The van der Waals surface area contributed by atoms with E-state index in [4.69, 9.17) is 12.2 Å². The van der Waals surface area contributed by atoms with E-state index < -0.39 is 0 Å². The van der Waals surface area contributed by atoms with E-state index in [2.05, 4.69) is 45.6 Å². The maximum Gasteiger partial charge on any atom is 0.168 e. The van der Waals surface area contributed by atoms with Gasteiger partial charge in [0.2, 0.25) is 0 Å². The summed E-state index contributed by atoms with van der Waals surface area (Å²) in [6.07, 6.45) is 1.99. The standard InChI is InChI=1S/C16H22N4S/c1-17-16(21)19(2)11-7-10-14-12-15(20(3)18-14)13-8-5-4-6-9-13/h4-6,8-9,12H,7,10-11H2,1-3H3,(H,17,21). The van der Waals surface area contributed by atoms with Crippen LogP contribution in [0.25, 0.3) is 11.3 Å². The predicted molar refractivity (Wildman–Crippen MR) is 91.3 cm³/mol. The van der Waals surface area contributed by atoms with Crippen molar-refractivity contribution < 1.29 is 0 Å². The Kier molecular flexibility index (Phi) is 5.33. The smallest absolute Gasteiger partial charge is 0.168 e. The summed E-state index contributed by atoms with van der Waals surface area (Å²) in [6.45, 7) is 0.927. The van der Waals surface area contributed by atoms with Crippen LogP contribution < -0.4 is 5.32 Å². The van der Waals surface area contributed by atoms with Gasteiger partial charge in [0.1, 0.15) is 0 Å². The van der Waals surface area contributed by atoms with E-state index in [1.807, 2.05) is 31.9 Å². The van der Waals surface area contributed by atoms with Gasteiger partial charge in [0, 0.05) is 27.7 Å². The van der Waals surface area contributed by atoms with Crippen molar-refractivity contribution in [3.8, 4) is 11.3 Å². The van der Waals surface area contributed by atoms with Gasteiger partial charge in [-0.2, -0.15) is 5.10 Å². The number of benzene rings is 1. The lowest BCUT2D eigenvalue weighted by Gasteiger charge is -2.18. The molecule has 2 aromatic rings. The Morgan fingerprint density at radius 1 is 1.33 bits per heavy atom. The highest BCUT2D eigenvalue weighted by molar-refractivity contribution is 7.80. The summed E-state index contributed by atoms with van der Waals surface area (Å²) in [6, 6.07) is 12.5. The first-order chi connectivity index (χ1) is 10.1. The summed E-state index contributed by atoms with van der Waals surface area (Å²) in [5, 5.41) is 8.36. The third-order valence-corrected chi connectivity index (χ3v) is 4.00. The second kappa shape index (κ2) is 7.22. The lowest BCUT2D eigenvalue weighted by molar-refractivity contribution is 0.481. The van der Waals surface area contributed by atoms with Crippen molar-refractivity contribution >= 4 is 17.3 Å². The molecule has 21 heavy (non-hydrogen) atoms. The number of thiocarbonyl (C=S) groups is 1. The fraction of sp³-hybridized carbons (Fsp3) is 0.375. The van der Waals surface area contributed by atoms with Crippen molar-refractivity contribution in [2.75, 3.05) is 20.6 Å². The summed E-state index contributed by atoms with van der Waals surface area (Å²) < 4.78 is 1.95. The van der Waals surface area contributed by atoms with Crippen molar-refractivity contribution in [2.24, 2.45) is 7.05 Å². The summed E-state index contributed by atoms with van der Waals surface area (Å²) in [5.41, 5.74) is 3.48. The zero-order valence-electron chi connectivity index (χ0n) is 12.8. The van der Waals surface area contributed by atoms with Gasteiger partial charge < -0.3 is 10.2 Å². The van der Waals surface area contributed by atoms with Crippen LogP contribution in [0.3, 0.4) is 0 Å². The molecule has 0 atom stereocenters. The van der Waals surface area contributed by atoms with Crippen molar-refractivity contribution in [2.45, 2.75) is 12.8 Å². The molecule has 0 unspecified atom stereocenters. The minimum atomic E-state index is 0.779. The van der Waals surface area contributed by atoms with E-state index >= 15 is 0 Å². The van der Waals surface area contributed by atoms with Crippen LogP contribution in [0.15, 0.2) is 36.4 Å². The molecule has 2 rings (SSSR count). The summed E-state index contributed by atoms with van der Waals surface area (Å²) in [4.78, 5) is 2.05. The van der Waals surface area contributed by atoms with E-state index in [1.54, 1.807) is 0 Å². The van der Waals surface area contributed by atoms with Crippen molar-refractivity contribution in [1.29, 1.82) is 0 Å². The lowest BCUT2D eigenvalue weighted by Crippen LogP contribution is -2.35. The Morgan fingerprint density at radius 3 is 2.71 bits per heavy atom. The van der Waals surface area contributed by atoms with Gasteiger partial charge in [0.05, 0.1) is 11.4 Å². The highest BCUT2D eigenvalue weighted by Crippen LogP contribution is 2.19. The first-order valence-electron chi connectivity index (χ1n) is 7.13. The normalized spacial score (nSPS) is 10.4. The number of aryl methyl sites for hydroxylation is 2. The third-order valence-electron chi connectivity index (χ3n) is 3.49. The maximum absolute atomic E-state index is 5.19. The largest absolute Gasteiger partial charge is 0.366 e. The fourth-order valence-corrected chi connectivity index (χ4v) is 2.41. The molecule has 1 heterocycles. The first kappa shape index (κ1) is 15.5. The molecule has 0 saturated carbocycles. The number of nitrogens with one attached hydrogen (secondary N) is 1. The summed E-state index contributed by atoms with van der Waals surface area (Å²) in [7, 11) is 5.85. The number of aromatic nitrogens is 2. The van der Waals surface area contributed by atoms with Gasteiger partial charge in [-0.25, -0.2) is 0 Å². The molecule has 0 bridgehead atoms. The van der Waals surface area contributed by atoms with Crippen LogP contribution in [0.5, 0.6) is 0 Å². The van der Waals surface area contributed by atoms with E-state index in [9.17, 15) is 0 Å². The van der Waals surface area contributed by atoms with Crippen LogP contribution >= 0.6 is 12.2 Å². The molecule has 1 aromatic heterocycles. The van der Waals surface area contributed by atoms with Crippen LogP contribution in [-0.2, 0) is 13.5 Å². The third kappa shape index (κ3) is 4.04. The van der Waals surface area contributed by atoms with E-state index in [-0.39, 0.29) is 0 Å². The molecule has 0 saturated heterocycles. The van der Waals surface area contributed by atoms with Crippen LogP contribution in [0.2, 0.25) is 0 Å². The number of hydrogen-bond acceptors (Lipinski definition) is 2. The fourth-order valence-electron chi connectivity index (χ4n) is 2.32. The van der Waals surface area contributed by atoms with Crippen molar-refractivity contribution in [1.82, 2.24) is 20.0 Å². The molecule has 0 aliphatic rings. The zero-order valence-corrected chi connectivity index (χ0v) is 13.7. The van der Waals surface area contributed by atoms with Gasteiger partial charge in [-0.1, -0.05) is 30.3 Å². The van der Waals surface area contributed by atoms with Crippen molar-refractivity contribution in [3.63, 3.8) is 0 Å². The van der Waals surface area contributed by atoms with Crippen LogP contribution in [0.4, 0.5) is 0 Å². The Balaban J connectivity index is 1.95. The molecule has 4 nitrogen and oxygen atoms in total. The van der Waals surface area contributed by atoms with E-state index in [0.29, 0.717) is 0 Å². The molecular weight excluding hydrogens is 280 g/mol. The van der Waals surface area contributed by atoms with E-state index in [1.165, 1.54) is 5.56 Å². The first-order valence-corrected chi connectivity index (χ1v) is 7.54. The average Bonchev–Trinajstić information content (AvgIpc) is 2.88. The van der Waals surface area contributed by atoms with Gasteiger partial charge in [0.15, 0.2) is 5.11 Å². The highest BCUT2D eigenvalue weighted by Gasteiger charge is 2.08. The van der Waals surface area contributed by atoms with Crippen LogP contribution in [0.1, 0.15) is 12.1 Å². The lowest BCUT2D eigenvalue weighted by atomic mass is 10.1. The Labute approximate surface area is 131 Å². The summed E-state index contributed by atoms with van der Waals surface area (Å²) >= 11 is 5.19. The number of nitrogens with zero attached hydrogens (tertiary/aromatic N) is 3. The van der Waals surface area contributed by atoms with E-state index in [0.717, 1.165) is 35.9 Å². The molecule has 0 aliphatic carbocycles. The second-order valence-electron chi connectivity index (χ2n) is 5.09. The molecular formula is C16H22N4S. The predicted octanol–water partition coefficient (Wildman–Crippen LogP) is 2.46. The molecule has 0 amide bonds. The minimum Gasteiger partial charge on any atom is -0.366 e. The Bertz CT molecular complexity index is 592. The van der Waals surface area contributed by atoms with Gasteiger partial charge in [-0.05, 0) is 36.7 Å². The van der Waals surface area contributed by atoms with Crippen LogP contribution in [-0.4, -0.2) is 40.4 Å². The van der Waals surface area contributed by atoms with Crippen molar-refractivity contribution in [3.05, 3.63) is 42.1 Å². The van der Waals surface area contributed by atoms with Gasteiger partial charge in [-0.3, -0.25) is 4.68 Å². The molecule has 1 aromatic carbocycles. The minimum absolute atomic E-state index is 0.779. The van der Waals surface area contributed by atoms with Crippen LogP contribution in [0, 0.1) is 0 Å².